The van der Waals surface area contributed by atoms with Gasteiger partial charge in [-0.2, -0.15) is 0 Å². The third-order valence-corrected chi connectivity index (χ3v) is 4.75. The van der Waals surface area contributed by atoms with E-state index in [1.54, 1.807) is 18.2 Å². The SMILES string of the molecule is Cc1nc(NC(=O)c2cccc(OCc3ccccc3)c2)ccc1I. The zero-order chi connectivity index (χ0) is 17.6. The molecule has 0 fully saturated rings. The van der Waals surface area contributed by atoms with E-state index in [0.29, 0.717) is 23.7 Å². The van der Waals surface area contributed by atoms with E-state index in [9.17, 15) is 4.79 Å². The molecule has 0 spiro atoms. The Kier molecular flexibility index (Phi) is 5.65. The van der Waals surface area contributed by atoms with Crippen molar-refractivity contribution in [2.45, 2.75) is 13.5 Å². The molecular weight excluding hydrogens is 427 g/mol. The van der Waals surface area contributed by atoms with Gasteiger partial charge in [0.1, 0.15) is 18.2 Å². The van der Waals surface area contributed by atoms with Crippen molar-refractivity contribution in [3.63, 3.8) is 0 Å². The Morgan fingerprint density at radius 3 is 2.64 bits per heavy atom. The number of nitrogens with one attached hydrogen (secondary N) is 1. The summed E-state index contributed by atoms with van der Waals surface area (Å²) in [4.78, 5) is 16.8. The molecule has 1 N–H and O–H groups in total. The highest BCUT2D eigenvalue weighted by atomic mass is 127. The molecule has 0 unspecified atom stereocenters. The summed E-state index contributed by atoms with van der Waals surface area (Å²) in [5, 5.41) is 2.82. The number of hydrogen-bond donors (Lipinski definition) is 1. The van der Waals surface area contributed by atoms with Gasteiger partial charge in [-0.15, -0.1) is 0 Å². The van der Waals surface area contributed by atoms with Crippen LogP contribution in [-0.4, -0.2) is 10.9 Å². The molecule has 0 atom stereocenters. The number of benzene rings is 2. The van der Waals surface area contributed by atoms with E-state index in [1.807, 2.05) is 55.5 Å². The monoisotopic (exact) mass is 444 g/mol. The molecule has 0 aliphatic heterocycles. The molecule has 3 aromatic rings. The fraction of sp³-hybridized carbons (Fsp3) is 0.100. The number of anilines is 1. The van der Waals surface area contributed by atoms with Crippen molar-refractivity contribution in [1.82, 2.24) is 4.98 Å². The standard InChI is InChI=1S/C20H17IN2O2/c1-14-18(21)10-11-19(22-14)23-20(24)16-8-5-9-17(12-16)25-13-15-6-3-2-4-7-15/h2-12H,13H2,1H3,(H,22,23,24). The molecule has 0 radical (unpaired) electrons. The molecule has 1 amide bonds. The van der Waals surface area contributed by atoms with Crippen LogP contribution in [0.15, 0.2) is 66.7 Å². The summed E-state index contributed by atoms with van der Waals surface area (Å²) in [6.45, 7) is 2.37. The Balaban J connectivity index is 1.67. The molecule has 4 nitrogen and oxygen atoms in total. The molecular formula is C20H17IN2O2. The van der Waals surface area contributed by atoms with E-state index < -0.39 is 0 Å². The molecule has 0 aliphatic carbocycles. The number of halogens is 1. The number of ether oxygens (including phenoxy) is 1. The first kappa shape index (κ1) is 17.4. The van der Waals surface area contributed by atoms with Crippen molar-refractivity contribution in [2.24, 2.45) is 0 Å². The molecule has 2 aromatic carbocycles. The lowest BCUT2D eigenvalue weighted by Crippen LogP contribution is -2.13. The minimum atomic E-state index is -0.210. The third kappa shape index (κ3) is 4.79. The van der Waals surface area contributed by atoms with Crippen LogP contribution in [0.2, 0.25) is 0 Å². The lowest BCUT2D eigenvalue weighted by molar-refractivity contribution is 0.102. The van der Waals surface area contributed by atoms with Crippen molar-refractivity contribution in [3.8, 4) is 5.75 Å². The number of nitrogens with zero attached hydrogens (tertiary/aromatic N) is 1. The van der Waals surface area contributed by atoms with Crippen molar-refractivity contribution >= 4 is 34.3 Å². The summed E-state index contributed by atoms with van der Waals surface area (Å²) >= 11 is 2.21. The lowest BCUT2D eigenvalue weighted by Gasteiger charge is -2.09. The fourth-order valence-electron chi connectivity index (χ4n) is 2.27. The second-order valence-electron chi connectivity index (χ2n) is 5.52. The largest absolute Gasteiger partial charge is 0.489 e. The van der Waals surface area contributed by atoms with Crippen LogP contribution in [0, 0.1) is 10.5 Å². The third-order valence-electron chi connectivity index (χ3n) is 3.61. The maximum atomic E-state index is 12.4. The van der Waals surface area contributed by atoms with Gasteiger partial charge in [0.15, 0.2) is 0 Å². The van der Waals surface area contributed by atoms with Gasteiger partial charge in [-0.3, -0.25) is 4.79 Å². The Hall–Kier alpha value is -2.41. The normalized spacial score (nSPS) is 10.3. The van der Waals surface area contributed by atoms with Crippen molar-refractivity contribution in [1.29, 1.82) is 0 Å². The van der Waals surface area contributed by atoms with Crippen LogP contribution in [0.25, 0.3) is 0 Å². The van der Waals surface area contributed by atoms with E-state index in [1.165, 1.54) is 0 Å². The number of aryl methyl sites for hydroxylation is 1. The average Bonchev–Trinajstić information content (AvgIpc) is 2.64. The Morgan fingerprint density at radius 1 is 1.08 bits per heavy atom. The lowest BCUT2D eigenvalue weighted by atomic mass is 10.2. The minimum Gasteiger partial charge on any atom is -0.489 e. The van der Waals surface area contributed by atoms with Gasteiger partial charge in [0, 0.05) is 9.13 Å². The summed E-state index contributed by atoms with van der Waals surface area (Å²) in [5.41, 5.74) is 2.50. The van der Waals surface area contributed by atoms with E-state index >= 15 is 0 Å². The van der Waals surface area contributed by atoms with Crippen LogP contribution in [0.3, 0.4) is 0 Å². The number of carbonyl (C=O) groups is 1. The second-order valence-corrected chi connectivity index (χ2v) is 6.68. The summed E-state index contributed by atoms with van der Waals surface area (Å²) < 4.78 is 6.83. The number of hydrogen-bond acceptors (Lipinski definition) is 3. The smallest absolute Gasteiger partial charge is 0.256 e. The predicted molar refractivity (Wildman–Crippen MR) is 107 cm³/mol. The topological polar surface area (TPSA) is 51.2 Å². The van der Waals surface area contributed by atoms with Gasteiger partial charge in [-0.1, -0.05) is 36.4 Å². The maximum Gasteiger partial charge on any atom is 0.256 e. The first-order valence-corrected chi connectivity index (χ1v) is 8.91. The van der Waals surface area contributed by atoms with Gasteiger partial charge < -0.3 is 10.1 Å². The number of rotatable bonds is 5. The van der Waals surface area contributed by atoms with Gasteiger partial charge in [-0.05, 0) is 65.4 Å². The molecule has 1 aromatic heterocycles. The maximum absolute atomic E-state index is 12.4. The molecule has 25 heavy (non-hydrogen) atoms. The summed E-state index contributed by atoms with van der Waals surface area (Å²) in [6.07, 6.45) is 0. The van der Waals surface area contributed by atoms with E-state index in [0.717, 1.165) is 14.8 Å². The summed E-state index contributed by atoms with van der Waals surface area (Å²) in [6, 6.07) is 20.8. The Bertz CT molecular complexity index is 882. The minimum absolute atomic E-state index is 0.210. The van der Waals surface area contributed by atoms with Crippen LogP contribution in [0.4, 0.5) is 5.82 Å². The predicted octanol–water partition coefficient (Wildman–Crippen LogP) is 4.83. The van der Waals surface area contributed by atoms with Gasteiger partial charge in [0.25, 0.3) is 5.91 Å². The van der Waals surface area contributed by atoms with Crippen LogP contribution < -0.4 is 10.1 Å². The highest BCUT2D eigenvalue weighted by Crippen LogP contribution is 2.17. The van der Waals surface area contributed by atoms with Crippen molar-refractivity contribution in [2.75, 3.05) is 5.32 Å². The van der Waals surface area contributed by atoms with Crippen LogP contribution in [-0.2, 0) is 6.61 Å². The quantitative estimate of drug-likeness (QED) is 0.574. The zero-order valence-electron chi connectivity index (χ0n) is 13.7. The molecule has 1 heterocycles. The van der Waals surface area contributed by atoms with E-state index in [4.69, 9.17) is 4.74 Å². The fourth-order valence-corrected chi connectivity index (χ4v) is 2.57. The van der Waals surface area contributed by atoms with Gasteiger partial charge in [0.2, 0.25) is 0 Å². The highest BCUT2D eigenvalue weighted by Gasteiger charge is 2.09. The highest BCUT2D eigenvalue weighted by molar-refractivity contribution is 14.1. The van der Waals surface area contributed by atoms with Crippen LogP contribution in [0.1, 0.15) is 21.6 Å². The number of amides is 1. The Morgan fingerprint density at radius 2 is 1.88 bits per heavy atom. The van der Waals surface area contributed by atoms with Crippen LogP contribution >= 0.6 is 22.6 Å². The second kappa shape index (κ2) is 8.11. The van der Waals surface area contributed by atoms with E-state index in [2.05, 4.69) is 32.9 Å². The summed E-state index contributed by atoms with van der Waals surface area (Å²) in [7, 11) is 0. The molecule has 3 rings (SSSR count). The first-order valence-electron chi connectivity index (χ1n) is 7.83. The molecule has 126 valence electrons. The van der Waals surface area contributed by atoms with Gasteiger partial charge >= 0.3 is 0 Å². The average molecular weight is 444 g/mol. The number of pyridine rings is 1. The number of aromatic nitrogens is 1. The number of carbonyl (C=O) groups excluding carboxylic acids is 1. The van der Waals surface area contributed by atoms with Crippen molar-refractivity contribution < 1.29 is 9.53 Å². The first-order chi connectivity index (χ1) is 12.1. The Labute approximate surface area is 160 Å². The molecule has 5 heteroatoms. The summed E-state index contributed by atoms with van der Waals surface area (Å²) in [5.74, 6) is 0.986. The molecule has 0 saturated carbocycles. The van der Waals surface area contributed by atoms with E-state index in [-0.39, 0.29) is 5.91 Å². The van der Waals surface area contributed by atoms with Crippen molar-refractivity contribution in [3.05, 3.63) is 87.1 Å². The van der Waals surface area contributed by atoms with Gasteiger partial charge in [-0.25, -0.2) is 4.98 Å². The molecule has 0 aliphatic rings. The molecule has 0 bridgehead atoms. The zero-order valence-corrected chi connectivity index (χ0v) is 15.9. The van der Waals surface area contributed by atoms with Crippen LogP contribution in [0.5, 0.6) is 5.75 Å². The van der Waals surface area contributed by atoms with Gasteiger partial charge in [0.05, 0.1) is 5.69 Å². The molecule has 0 saturated heterocycles.